The lowest BCUT2D eigenvalue weighted by Crippen LogP contribution is -2.30. The molecule has 0 saturated carbocycles. The number of rotatable bonds is 10. The van der Waals surface area contributed by atoms with Gasteiger partial charge in [0.05, 0.1) is 22.5 Å². The molecule has 5 heteroatoms. The van der Waals surface area contributed by atoms with E-state index in [0.717, 1.165) is 101 Å². The van der Waals surface area contributed by atoms with Gasteiger partial charge >= 0.3 is 0 Å². The van der Waals surface area contributed by atoms with E-state index in [9.17, 15) is 0 Å². The van der Waals surface area contributed by atoms with Crippen molar-refractivity contribution >= 4 is 78.0 Å². The SMILES string of the molecule is CC(C)(C)c1ccc(Oc2ccc(C3(c4ccc(C(C)(C)C)cc4)c4cc(N(c5ccc(C(C)(C)C)cc5)c5cccc6c5oc5ccccc56)ccc4-c4c3cc(N(c3ccc(C(C)(C)C)cc3)c3cccc5c3oc3ccccc35)c3c4-c4ccccc4C3(C)C)cc2)cc1. The Morgan fingerprint density at radius 2 is 0.722 bits per heavy atom. The van der Waals surface area contributed by atoms with E-state index in [1.165, 1.54) is 66.8 Å². The fourth-order valence-electron chi connectivity index (χ4n) is 15.9. The van der Waals surface area contributed by atoms with Gasteiger partial charge in [-0.3, -0.25) is 0 Å². The summed E-state index contributed by atoms with van der Waals surface area (Å²) in [6.07, 6.45) is 0. The fourth-order valence-corrected chi connectivity index (χ4v) is 15.9. The van der Waals surface area contributed by atoms with E-state index < -0.39 is 10.8 Å². The van der Waals surface area contributed by atoms with Gasteiger partial charge in [-0.05, 0) is 191 Å². The Morgan fingerprint density at radius 3 is 1.24 bits per heavy atom. The highest BCUT2D eigenvalue weighted by Crippen LogP contribution is 2.66. The molecule has 16 rings (SSSR count). The molecule has 0 spiro atoms. The second-order valence-corrected chi connectivity index (χ2v) is 31.7. The number of benzene rings is 12. The van der Waals surface area contributed by atoms with Gasteiger partial charge in [-0.25, -0.2) is 0 Å². The Labute approximate surface area is 571 Å². The summed E-state index contributed by atoms with van der Waals surface area (Å²) in [5.74, 6) is 1.55. The third-order valence-electron chi connectivity index (χ3n) is 21.0. The first kappa shape index (κ1) is 61.5. The predicted molar refractivity (Wildman–Crippen MR) is 407 cm³/mol. The monoisotopic (exact) mass is 1260 g/mol. The standard InChI is InChI=1S/C92H84N2O3/c1-87(2,3)57-33-35-61(36-34-57)92(62-43-52-67(53-44-62)95-66-50-41-60(42-51-66)90(10,11)12)75-55-65(93(63-45-37-58(38-46-63)88(4,5)6)77-29-21-26-70-68-23-16-19-31-80(68)96-85(70)77)49-54-73(75)82-76(92)56-79(84-83(82)72-25-15-18-28-74(72)91(84,13)14)94(64-47-39-59(40-48-64)89(7,8)9)78-30-22-27-71-69-24-17-20-32-81(69)97-86(71)78/h15-56H,1-14H3. The Balaban J connectivity index is 1.04. The molecule has 0 fully saturated rings. The van der Waals surface area contributed by atoms with E-state index in [0.29, 0.717) is 0 Å². The van der Waals surface area contributed by atoms with E-state index in [1.807, 2.05) is 0 Å². The maximum Gasteiger partial charge on any atom is 0.159 e. The Hall–Kier alpha value is -10.4. The van der Waals surface area contributed by atoms with Crippen LogP contribution in [-0.2, 0) is 32.5 Å². The van der Waals surface area contributed by atoms with Gasteiger partial charge in [-0.1, -0.05) is 261 Å². The molecule has 97 heavy (non-hydrogen) atoms. The van der Waals surface area contributed by atoms with Crippen LogP contribution in [0.25, 0.3) is 66.1 Å². The number of furan rings is 2. The van der Waals surface area contributed by atoms with Crippen molar-refractivity contribution in [2.75, 3.05) is 9.80 Å². The second-order valence-electron chi connectivity index (χ2n) is 31.7. The largest absolute Gasteiger partial charge is 0.457 e. The molecule has 0 amide bonds. The van der Waals surface area contributed by atoms with Gasteiger partial charge in [0.25, 0.3) is 0 Å². The van der Waals surface area contributed by atoms with Crippen molar-refractivity contribution in [3.8, 4) is 33.8 Å². The van der Waals surface area contributed by atoms with Crippen LogP contribution in [0.3, 0.4) is 0 Å². The van der Waals surface area contributed by atoms with E-state index in [-0.39, 0.29) is 21.7 Å². The molecule has 1 atom stereocenters. The molecular weight excluding hydrogens is 1180 g/mol. The molecule has 0 bridgehead atoms. The minimum Gasteiger partial charge on any atom is -0.457 e. The normalized spacial score (nSPS) is 15.0. The van der Waals surface area contributed by atoms with Crippen LogP contribution in [-0.4, -0.2) is 0 Å². The Morgan fingerprint density at radius 1 is 0.320 bits per heavy atom. The number of hydrogen-bond donors (Lipinski definition) is 0. The van der Waals surface area contributed by atoms with Crippen LogP contribution < -0.4 is 14.5 Å². The summed E-state index contributed by atoms with van der Waals surface area (Å²) in [6, 6.07) is 95.0. The molecule has 1 unspecified atom stereocenters. The highest BCUT2D eigenvalue weighted by Gasteiger charge is 2.52. The van der Waals surface area contributed by atoms with Crippen LogP contribution in [0, 0.1) is 0 Å². The van der Waals surface area contributed by atoms with Crippen molar-refractivity contribution in [3.05, 3.63) is 310 Å². The van der Waals surface area contributed by atoms with Gasteiger partial charge in [0.1, 0.15) is 22.7 Å². The predicted octanol–water partition coefficient (Wildman–Crippen LogP) is 26.1. The summed E-state index contributed by atoms with van der Waals surface area (Å²) in [6.45, 7) is 32.3. The van der Waals surface area contributed by atoms with Crippen LogP contribution in [0.15, 0.2) is 264 Å². The van der Waals surface area contributed by atoms with E-state index in [2.05, 4.69) is 362 Å². The first-order chi connectivity index (χ1) is 46.4. The molecule has 2 aliphatic rings. The van der Waals surface area contributed by atoms with Crippen molar-refractivity contribution < 1.29 is 13.6 Å². The van der Waals surface area contributed by atoms with Gasteiger partial charge in [0, 0.05) is 44.0 Å². The molecule has 0 radical (unpaired) electrons. The van der Waals surface area contributed by atoms with Crippen molar-refractivity contribution in [3.63, 3.8) is 0 Å². The van der Waals surface area contributed by atoms with Crippen molar-refractivity contribution in [2.45, 2.75) is 129 Å². The molecule has 14 aromatic rings. The Kier molecular flexibility index (Phi) is 14.0. The zero-order chi connectivity index (χ0) is 67.3. The number of nitrogens with zero attached hydrogens (tertiary/aromatic N) is 2. The highest BCUT2D eigenvalue weighted by molar-refractivity contribution is 6.13. The average molecular weight is 1270 g/mol. The van der Waals surface area contributed by atoms with Crippen LogP contribution in [0.2, 0.25) is 0 Å². The number of ether oxygens (including phenoxy) is 1. The number of fused-ring (bicyclic) bond motifs is 13. The third-order valence-corrected chi connectivity index (χ3v) is 21.0. The Bertz CT molecular complexity index is 5400. The quantitative estimate of drug-likeness (QED) is 0.136. The number of hydrogen-bond acceptors (Lipinski definition) is 5. The topological polar surface area (TPSA) is 42.0 Å². The van der Waals surface area contributed by atoms with Gasteiger partial charge in [0.15, 0.2) is 11.2 Å². The summed E-state index contributed by atoms with van der Waals surface area (Å²) in [7, 11) is 0. The molecule has 12 aromatic carbocycles. The lowest BCUT2D eigenvalue weighted by atomic mass is 9.66. The van der Waals surface area contributed by atoms with E-state index in [1.54, 1.807) is 0 Å². The summed E-state index contributed by atoms with van der Waals surface area (Å²) in [4.78, 5) is 4.96. The summed E-state index contributed by atoms with van der Waals surface area (Å²) >= 11 is 0. The molecule has 0 aliphatic heterocycles. The van der Waals surface area contributed by atoms with E-state index >= 15 is 0 Å². The zero-order valence-electron chi connectivity index (χ0n) is 58.4. The minimum atomic E-state index is -0.963. The maximum atomic E-state index is 7.16. The summed E-state index contributed by atoms with van der Waals surface area (Å²) in [5.41, 5.74) is 24.9. The first-order valence-electron chi connectivity index (χ1n) is 34.5. The molecule has 480 valence electrons. The maximum absolute atomic E-state index is 7.16. The average Bonchev–Trinajstić information content (AvgIpc) is 1.51. The minimum absolute atomic E-state index is 0.00841. The molecule has 0 N–H and O–H groups in total. The molecule has 5 nitrogen and oxygen atoms in total. The van der Waals surface area contributed by atoms with Crippen LogP contribution >= 0.6 is 0 Å². The lowest BCUT2D eigenvalue weighted by Gasteiger charge is -2.37. The molecule has 0 saturated heterocycles. The molecule has 2 aliphatic carbocycles. The molecular formula is C92H84N2O3. The van der Waals surface area contributed by atoms with Gasteiger partial charge < -0.3 is 23.4 Å². The number of anilines is 6. The van der Waals surface area contributed by atoms with Crippen LogP contribution in [0.5, 0.6) is 11.5 Å². The van der Waals surface area contributed by atoms with Crippen molar-refractivity contribution in [1.29, 1.82) is 0 Å². The second kappa shape index (κ2) is 22.1. The smallest absolute Gasteiger partial charge is 0.159 e. The number of para-hydroxylation sites is 4. The van der Waals surface area contributed by atoms with Crippen LogP contribution in [0.1, 0.15) is 153 Å². The zero-order valence-corrected chi connectivity index (χ0v) is 58.4. The van der Waals surface area contributed by atoms with Crippen LogP contribution in [0.4, 0.5) is 34.1 Å². The van der Waals surface area contributed by atoms with Gasteiger partial charge in [-0.2, -0.15) is 0 Å². The van der Waals surface area contributed by atoms with E-state index in [4.69, 9.17) is 13.6 Å². The lowest BCUT2D eigenvalue weighted by molar-refractivity contribution is 0.481. The van der Waals surface area contributed by atoms with Crippen molar-refractivity contribution in [1.82, 2.24) is 0 Å². The fraction of sp³-hybridized carbons (Fsp3) is 0.217. The summed E-state index contributed by atoms with van der Waals surface area (Å²) in [5, 5.41) is 4.31. The highest BCUT2D eigenvalue weighted by atomic mass is 16.5. The first-order valence-corrected chi connectivity index (χ1v) is 34.5. The molecule has 2 aromatic heterocycles. The van der Waals surface area contributed by atoms with Gasteiger partial charge in [-0.15, -0.1) is 0 Å². The van der Waals surface area contributed by atoms with Crippen molar-refractivity contribution in [2.24, 2.45) is 0 Å². The third kappa shape index (κ3) is 9.93. The summed E-state index contributed by atoms with van der Waals surface area (Å²) < 4.78 is 21.1. The van der Waals surface area contributed by atoms with Gasteiger partial charge in [0.2, 0.25) is 0 Å². The molecule has 2 heterocycles.